The summed E-state index contributed by atoms with van der Waals surface area (Å²) in [6.45, 7) is 8.54. The lowest BCUT2D eigenvalue weighted by Gasteiger charge is -2.38. The summed E-state index contributed by atoms with van der Waals surface area (Å²) in [5.74, 6) is 0.683. The Labute approximate surface area is 161 Å². The Kier molecular flexibility index (Phi) is 7.97. The molecule has 1 saturated heterocycles. The van der Waals surface area contributed by atoms with Crippen molar-refractivity contribution in [2.45, 2.75) is 45.7 Å². The second kappa shape index (κ2) is 9.97. The number of rotatable bonds is 7. The molecule has 0 atom stereocenters. The van der Waals surface area contributed by atoms with E-state index in [9.17, 15) is 9.59 Å². The van der Waals surface area contributed by atoms with E-state index in [0.29, 0.717) is 23.6 Å². The van der Waals surface area contributed by atoms with E-state index < -0.39 is 0 Å². The Bertz CT molecular complexity index is 596. The average molecular weight is 378 g/mol. The van der Waals surface area contributed by atoms with Crippen molar-refractivity contribution in [3.63, 3.8) is 0 Å². The van der Waals surface area contributed by atoms with Gasteiger partial charge < -0.3 is 15.1 Å². The number of likely N-dealkylation sites (tertiary alicyclic amines) is 1. The van der Waals surface area contributed by atoms with Gasteiger partial charge in [0, 0.05) is 37.9 Å². The average Bonchev–Trinajstić information content (AvgIpc) is 2.63. The number of amides is 2. The largest absolute Gasteiger partial charge is 0.342 e. The molecule has 0 aliphatic carbocycles. The second-order valence-electron chi connectivity index (χ2n) is 7.27. The molecule has 1 aliphatic heterocycles. The topological polar surface area (TPSA) is 52.7 Å². The highest BCUT2D eigenvalue weighted by molar-refractivity contribution is 8.00. The van der Waals surface area contributed by atoms with Crippen LogP contribution in [0.25, 0.3) is 0 Å². The van der Waals surface area contributed by atoms with Crippen molar-refractivity contribution in [3.05, 3.63) is 29.8 Å². The van der Waals surface area contributed by atoms with Crippen LogP contribution in [0.4, 0.5) is 5.69 Å². The molecule has 1 aromatic rings. The maximum absolute atomic E-state index is 12.4. The summed E-state index contributed by atoms with van der Waals surface area (Å²) in [6, 6.07) is 8.59. The van der Waals surface area contributed by atoms with Gasteiger partial charge in [-0.1, -0.05) is 17.7 Å². The monoisotopic (exact) mass is 377 g/mol. The van der Waals surface area contributed by atoms with Crippen LogP contribution in [-0.2, 0) is 9.59 Å². The fourth-order valence-electron chi connectivity index (χ4n) is 3.16. The Morgan fingerprint density at radius 1 is 1.19 bits per heavy atom. The van der Waals surface area contributed by atoms with E-state index >= 15 is 0 Å². The molecule has 0 bridgehead atoms. The van der Waals surface area contributed by atoms with Crippen LogP contribution >= 0.6 is 11.8 Å². The van der Waals surface area contributed by atoms with Gasteiger partial charge in [0.1, 0.15) is 0 Å². The lowest BCUT2D eigenvalue weighted by Crippen LogP contribution is -2.47. The molecule has 1 aliphatic rings. The predicted molar refractivity (Wildman–Crippen MR) is 110 cm³/mol. The van der Waals surface area contributed by atoms with Gasteiger partial charge in [0.2, 0.25) is 11.8 Å². The normalized spacial score (nSPS) is 15.9. The Balaban J connectivity index is 1.67. The Hall–Kier alpha value is -1.53. The van der Waals surface area contributed by atoms with E-state index in [-0.39, 0.29) is 11.8 Å². The second-order valence-corrected chi connectivity index (χ2v) is 8.26. The van der Waals surface area contributed by atoms with Crippen LogP contribution in [0.3, 0.4) is 0 Å². The summed E-state index contributed by atoms with van der Waals surface area (Å²) >= 11 is 1.38. The maximum atomic E-state index is 12.4. The minimum Gasteiger partial charge on any atom is -0.342 e. The summed E-state index contributed by atoms with van der Waals surface area (Å²) in [7, 11) is 1.89. The van der Waals surface area contributed by atoms with Gasteiger partial charge in [-0.15, -0.1) is 11.8 Å². The quantitative estimate of drug-likeness (QED) is 0.794. The highest BCUT2D eigenvalue weighted by atomic mass is 32.2. The molecule has 1 N–H and O–H groups in total. The minimum atomic E-state index is -0.0699. The van der Waals surface area contributed by atoms with E-state index in [2.05, 4.69) is 24.1 Å². The first-order valence-electron chi connectivity index (χ1n) is 9.30. The number of thioether (sulfide) groups is 1. The number of hydrogen-bond acceptors (Lipinski definition) is 4. The molecule has 2 amide bonds. The molecule has 144 valence electrons. The molecule has 0 aromatic heterocycles. The van der Waals surface area contributed by atoms with Crippen LogP contribution in [0.1, 0.15) is 32.3 Å². The molecule has 0 spiro atoms. The molecule has 26 heavy (non-hydrogen) atoms. The zero-order valence-electron chi connectivity index (χ0n) is 16.3. The summed E-state index contributed by atoms with van der Waals surface area (Å²) in [5.41, 5.74) is 1.95. The van der Waals surface area contributed by atoms with Crippen LogP contribution in [0.15, 0.2) is 24.3 Å². The predicted octanol–water partition coefficient (Wildman–Crippen LogP) is 3.00. The number of piperidine rings is 1. The SMILES string of the molecule is Cc1ccc(NC(=O)CSCC(=O)N(C)C2CCN(C(C)C)CC2)cc1. The zero-order valence-corrected chi connectivity index (χ0v) is 17.1. The third-order valence-electron chi connectivity index (χ3n) is 4.96. The molecular formula is C20H31N3O2S. The summed E-state index contributed by atoms with van der Waals surface area (Å²) in [5, 5.41) is 2.86. The van der Waals surface area contributed by atoms with Crippen molar-refractivity contribution in [2.24, 2.45) is 0 Å². The van der Waals surface area contributed by atoms with Crippen LogP contribution in [-0.4, -0.2) is 65.3 Å². The van der Waals surface area contributed by atoms with Gasteiger partial charge in [0.15, 0.2) is 0 Å². The number of hydrogen-bond donors (Lipinski definition) is 1. The molecule has 0 unspecified atom stereocenters. The smallest absolute Gasteiger partial charge is 0.234 e. The van der Waals surface area contributed by atoms with Crippen molar-refractivity contribution in [1.29, 1.82) is 0 Å². The molecular weight excluding hydrogens is 346 g/mol. The first-order valence-corrected chi connectivity index (χ1v) is 10.5. The molecule has 6 heteroatoms. The Morgan fingerprint density at radius 2 is 1.81 bits per heavy atom. The summed E-state index contributed by atoms with van der Waals surface area (Å²) in [4.78, 5) is 28.7. The lowest BCUT2D eigenvalue weighted by molar-refractivity contribution is -0.130. The molecule has 0 saturated carbocycles. The highest BCUT2D eigenvalue weighted by Gasteiger charge is 2.26. The van der Waals surface area contributed by atoms with Crippen molar-refractivity contribution in [1.82, 2.24) is 9.80 Å². The first-order chi connectivity index (χ1) is 12.4. The fraction of sp³-hybridized carbons (Fsp3) is 0.600. The van der Waals surface area contributed by atoms with Crippen LogP contribution in [0.2, 0.25) is 0 Å². The molecule has 1 heterocycles. The van der Waals surface area contributed by atoms with Gasteiger partial charge in [-0.05, 0) is 45.7 Å². The number of anilines is 1. The van der Waals surface area contributed by atoms with Crippen LogP contribution < -0.4 is 5.32 Å². The van der Waals surface area contributed by atoms with Gasteiger partial charge >= 0.3 is 0 Å². The zero-order chi connectivity index (χ0) is 19.1. The number of nitrogens with one attached hydrogen (secondary N) is 1. The Morgan fingerprint density at radius 3 is 2.38 bits per heavy atom. The number of benzene rings is 1. The van der Waals surface area contributed by atoms with Gasteiger partial charge in [-0.3, -0.25) is 9.59 Å². The van der Waals surface area contributed by atoms with E-state index in [1.807, 2.05) is 43.1 Å². The van der Waals surface area contributed by atoms with E-state index in [1.54, 1.807) is 0 Å². The standard InChI is InChI=1S/C20H31N3O2S/c1-15(2)23-11-9-18(10-12-23)22(4)20(25)14-26-13-19(24)21-17-7-5-16(3)6-8-17/h5-8,15,18H,9-14H2,1-4H3,(H,21,24). The molecule has 1 fully saturated rings. The van der Waals surface area contributed by atoms with E-state index in [1.165, 1.54) is 11.8 Å². The maximum Gasteiger partial charge on any atom is 0.234 e. The van der Waals surface area contributed by atoms with Crippen molar-refractivity contribution in [3.8, 4) is 0 Å². The molecule has 5 nitrogen and oxygen atoms in total. The van der Waals surface area contributed by atoms with Gasteiger partial charge in [-0.25, -0.2) is 0 Å². The first kappa shape index (κ1) is 20.8. The molecule has 1 aromatic carbocycles. The number of carbonyl (C=O) groups is 2. The third kappa shape index (κ3) is 6.32. The van der Waals surface area contributed by atoms with Crippen molar-refractivity contribution in [2.75, 3.05) is 37.0 Å². The van der Waals surface area contributed by atoms with Crippen molar-refractivity contribution < 1.29 is 9.59 Å². The van der Waals surface area contributed by atoms with Crippen LogP contribution in [0.5, 0.6) is 0 Å². The summed E-state index contributed by atoms with van der Waals surface area (Å²) < 4.78 is 0. The number of carbonyl (C=O) groups excluding carboxylic acids is 2. The van der Waals surface area contributed by atoms with Crippen molar-refractivity contribution >= 4 is 29.3 Å². The summed E-state index contributed by atoms with van der Waals surface area (Å²) in [6.07, 6.45) is 2.05. The molecule has 0 radical (unpaired) electrons. The highest BCUT2D eigenvalue weighted by Crippen LogP contribution is 2.18. The minimum absolute atomic E-state index is 0.0699. The number of nitrogens with zero attached hydrogens (tertiary/aromatic N) is 2. The molecule has 2 rings (SSSR count). The van der Waals surface area contributed by atoms with Gasteiger partial charge in [-0.2, -0.15) is 0 Å². The van der Waals surface area contributed by atoms with Gasteiger partial charge in [0.05, 0.1) is 11.5 Å². The lowest BCUT2D eigenvalue weighted by atomic mass is 10.0. The number of aryl methyl sites for hydroxylation is 1. The third-order valence-corrected chi connectivity index (χ3v) is 5.88. The van der Waals surface area contributed by atoms with E-state index in [0.717, 1.165) is 37.2 Å². The van der Waals surface area contributed by atoms with Gasteiger partial charge in [0.25, 0.3) is 0 Å². The van der Waals surface area contributed by atoms with Crippen LogP contribution in [0, 0.1) is 6.92 Å². The fourth-order valence-corrected chi connectivity index (χ4v) is 3.90. The van der Waals surface area contributed by atoms with E-state index in [4.69, 9.17) is 0 Å².